The van der Waals surface area contributed by atoms with Gasteiger partial charge >= 0.3 is 0 Å². The van der Waals surface area contributed by atoms with E-state index in [1.807, 2.05) is 68.6 Å². The van der Waals surface area contributed by atoms with Gasteiger partial charge in [0.1, 0.15) is 11.9 Å². The van der Waals surface area contributed by atoms with E-state index in [0.29, 0.717) is 44.0 Å². The highest BCUT2D eigenvalue weighted by Gasteiger charge is 2.24. The quantitative estimate of drug-likeness (QED) is 0.101. The van der Waals surface area contributed by atoms with Crippen molar-refractivity contribution in [3.05, 3.63) is 114 Å². The number of aliphatic hydroxyl groups is 1. The highest BCUT2D eigenvalue weighted by Crippen LogP contribution is 2.24. The van der Waals surface area contributed by atoms with Crippen LogP contribution in [0.4, 0.5) is 0 Å². The van der Waals surface area contributed by atoms with E-state index >= 15 is 0 Å². The Labute approximate surface area is 289 Å². The Morgan fingerprint density at radius 2 is 1.59 bits per heavy atom. The predicted molar refractivity (Wildman–Crippen MR) is 197 cm³/mol. The molecule has 1 aromatic heterocycles. The van der Waals surface area contributed by atoms with Gasteiger partial charge in [0.15, 0.2) is 0 Å². The molecule has 0 saturated heterocycles. The molecule has 0 radical (unpaired) electrons. The van der Waals surface area contributed by atoms with Crippen LogP contribution >= 0.6 is 0 Å². The Morgan fingerprint density at radius 1 is 0.857 bits per heavy atom. The maximum Gasteiger partial charge on any atom is 0.251 e. The van der Waals surface area contributed by atoms with Crippen molar-refractivity contribution in [1.82, 2.24) is 30.4 Å². The number of nitrogens with one attached hydrogen (secondary N) is 3. The maximum atomic E-state index is 13.8. The minimum absolute atomic E-state index is 0.0848. The van der Waals surface area contributed by atoms with Crippen LogP contribution < -0.4 is 16.0 Å². The molecular formula is C40H50N6O3. The number of fused-ring (bicyclic) bond motifs is 2. The van der Waals surface area contributed by atoms with Crippen molar-refractivity contribution in [2.75, 3.05) is 26.2 Å². The zero-order valence-electron chi connectivity index (χ0n) is 29.2. The number of amides is 2. The standard InChI is InChI=1S/C40H50N6O3/c1-28(2)27-46(23-24-47)22-10-16-36(40(49)42-29(3)33-14-9-12-31-11-5-6-13-34(31)33)44-39(48)32-20-18-30(19-21-32)25-41-26-38-43-35-15-7-8-17-37(35)45(38)4/h5-9,11-15,17-21,28-29,36,41,47H,10,16,22-27H2,1-4H3,(H,42,49)(H,44,48)/t29-,36-/m0/s1. The smallest absolute Gasteiger partial charge is 0.251 e. The summed E-state index contributed by atoms with van der Waals surface area (Å²) in [6, 6.07) is 28.9. The van der Waals surface area contributed by atoms with Crippen LogP contribution in [-0.4, -0.2) is 63.7 Å². The van der Waals surface area contributed by atoms with Crippen molar-refractivity contribution in [3.63, 3.8) is 0 Å². The zero-order valence-corrected chi connectivity index (χ0v) is 29.2. The lowest BCUT2D eigenvalue weighted by Gasteiger charge is -2.26. The highest BCUT2D eigenvalue weighted by atomic mass is 16.3. The molecular weight excluding hydrogens is 612 g/mol. The van der Waals surface area contributed by atoms with Crippen LogP contribution in [0, 0.1) is 5.92 Å². The third-order valence-corrected chi connectivity index (χ3v) is 8.99. The van der Waals surface area contributed by atoms with Gasteiger partial charge in [0.25, 0.3) is 5.91 Å². The number of nitrogens with zero attached hydrogens (tertiary/aromatic N) is 3. The number of aliphatic hydroxyl groups excluding tert-OH is 1. The number of aromatic nitrogens is 2. The number of para-hydroxylation sites is 2. The largest absolute Gasteiger partial charge is 0.395 e. The number of benzene rings is 4. The Balaban J connectivity index is 1.22. The molecule has 5 aromatic rings. The van der Waals surface area contributed by atoms with Crippen LogP contribution in [0.2, 0.25) is 0 Å². The minimum atomic E-state index is -0.713. The molecule has 9 nitrogen and oxygen atoms in total. The normalized spacial score (nSPS) is 12.9. The van der Waals surface area contributed by atoms with Crippen molar-refractivity contribution in [1.29, 1.82) is 0 Å². The van der Waals surface area contributed by atoms with Gasteiger partial charge in [-0.2, -0.15) is 0 Å². The Bertz CT molecular complexity index is 1830. The molecule has 0 aliphatic rings. The van der Waals surface area contributed by atoms with Gasteiger partial charge in [-0.15, -0.1) is 0 Å². The third-order valence-electron chi connectivity index (χ3n) is 8.99. The van der Waals surface area contributed by atoms with Crippen molar-refractivity contribution in [2.24, 2.45) is 13.0 Å². The van der Waals surface area contributed by atoms with E-state index in [2.05, 4.69) is 63.5 Å². The van der Waals surface area contributed by atoms with E-state index in [0.717, 1.165) is 51.8 Å². The number of aryl methyl sites for hydroxylation is 1. The Hall–Kier alpha value is -4.57. The van der Waals surface area contributed by atoms with Crippen LogP contribution in [0.5, 0.6) is 0 Å². The topological polar surface area (TPSA) is 112 Å². The van der Waals surface area contributed by atoms with E-state index in [4.69, 9.17) is 4.98 Å². The molecule has 0 bridgehead atoms. The van der Waals surface area contributed by atoms with Gasteiger partial charge in [-0.3, -0.25) is 9.59 Å². The average molecular weight is 663 g/mol. The highest BCUT2D eigenvalue weighted by molar-refractivity contribution is 5.97. The summed E-state index contributed by atoms with van der Waals surface area (Å²) in [5.74, 6) is 0.917. The lowest BCUT2D eigenvalue weighted by molar-refractivity contribution is -0.123. The summed E-state index contributed by atoms with van der Waals surface area (Å²) < 4.78 is 2.10. The van der Waals surface area contributed by atoms with Crippen LogP contribution in [0.1, 0.15) is 67.0 Å². The summed E-state index contributed by atoms with van der Waals surface area (Å²) in [6.45, 7) is 9.79. The van der Waals surface area contributed by atoms with E-state index in [9.17, 15) is 14.7 Å². The van der Waals surface area contributed by atoms with Crippen molar-refractivity contribution in [3.8, 4) is 0 Å². The molecule has 9 heteroatoms. The molecule has 0 spiro atoms. The number of carbonyl (C=O) groups is 2. The number of imidazole rings is 1. The molecule has 4 N–H and O–H groups in total. The number of hydrogen-bond donors (Lipinski definition) is 4. The minimum Gasteiger partial charge on any atom is -0.395 e. The maximum absolute atomic E-state index is 13.8. The molecule has 2 amide bonds. The fourth-order valence-corrected chi connectivity index (χ4v) is 6.45. The van der Waals surface area contributed by atoms with Crippen LogP contribution in [-0.2, 0) is 24.9 Å². The first-order valence-electron chi connectivity index (χ1n) is 17.4. The first-order chi connectivity index (χ1) is 23.7. The summed E-state index contributed by atoms with van der Waals surface area (Å²) in [6.07, 6.45) is 1.17. The van der Waals surface area contributed by atoms with Crippen molar-refractivity contribution in [2.45, 2.75) is 58.8 Å². The van der Waals surface area contributed by atoms with Crippen molar-refractivity contribution >= 4 is 33.6 Å². The molecule has 5 rings (SSSR count). The Morgan fingerprint density at radius 3 is 2.35 bits per heavy atom. The van der Waals surface area contributed by atoms with Gasteiger partial charge in [0.2, 0.25) is 5.91 Å². The number of carbonyl (C=O) groups excluding carboxylic acids is 2. The fourth-order valence-electron chi connectivity index (χ4n) is 6.45. The molecule has 4 aromatic carbocycles. The van der Waals surface area contributed by atoms with Crippen molar-refractivity contribution < 1.29 is 14.7 Å². The van der Waals surface area contributed by atoms with E-state index < -0.39 is 6.04 Å². The molecule has 49 heavy (non-hydrogen) atoms. The lowest BCUT2D eigenvalue weighted by Crippen LogP contribution is -2.47. The zero-order chi connectivity index (χ0) is 34.8. The fraction of sp³-hybridized carbons (Fsp3) is 0.375. The molecule has 2 atom stereocenters. The average Bonchev–Trinajstić information content (AvgIpc) is 3.42. The van der Waals surface area contributed by atoms with Gasteiger partial charge < -0.3 is 30.5 Å². The Kier molecular flexibility index (Phi) is 12.5. The lowest BCUT2D eigenvalue weighted by atomic mass is 9.99. The van der Waals surface area contributed by atoms with Crippen LogP contribution in [0.3, 0.4) is 0 Å². The molecule has 0 fully saturated rings. The van der Waals surface area contributed by atoms with E-state index in [1.165, 1.54) is 0 Å². The van der Waals surface area contributed by atoms with Gasteiger partial charge in [0, 0.05) is 32.2 Å². The first kappa shape index (κ1) is 35.7. The summed E-state index contributed by atoms with van der Waals surface area (Å²) in [4.78, 5) is 34.2. The molecule has 0 unspecified atom stereocenters. The van der Waals surface area contributed by atoms with E-state index in [-0.39, 0.29) is 24.5 Å². The van der Waals surface area contributed by atoms with Gasteiger partial charge in [0.05, 0.1) is 30.2 Å². The van der Waals surface area contributed by atoms with E-state index in [1.54, 1.807) is 12.1 Å². The molecule has 1 heterocycles. The van der Waals surface area contributed by atoms with Gasteiger partial charge in [-0.25, -0.2) is 4.98 Å². The first-order valence-corrected chi connectivity index (χ1v) is 17.4. The third kappa shape index (κ3) is 9.53. The molecule has 0 aliphatic carbocycles. The molecule has 258 valence electrons. The summed E-state index contributed by atoms with van der Waals surface area (Å²) >= 11 is 0. The van der Waals surface area contributed by atoms with Gasteiger partial charge in [-0.1, -0.05) is 80.6 Å². The monoisotopic (exact) mass is 662 g/mol. The molecule has 0 aliphatic heterocycles. The second-order valence-corrected chi connectivity index (χ2v) is 13.3. The summed E-state index contributed by atoms with van der Waals surface area (Å²) in [7, 11) is 2.02. The summed E-state index contributed by atoms with van der Waals surface area (Å²) in [5, 5.41) is 21.4. The van der Waals surface area contributed by atoms with Crippen LogP contribution in [0.15, 0.2) is 91.0 Å². The molecule has 0 saturated carbocycles. The number of hydrogen-bond acceptors (Lipinski definition) is 6. The number of rotatable bonds is 17. The summed E-state index contributed by atoms with van der Waals surface area (Å²) in [5.41, 5.74) is 4.65. The van der Waals surface area contributed by atoms with Gasteiger partial charge in [-0.05, 0) is 78.4 Å². The SMILES string of the molecule is CC(C)CN(CCO)CCC[C@H](NC(=O)c1ccc(CNCc2nc3ccccc3n2C)cc1)C(=O)N[C@@H](C)c1cccc2ccccc12. The second-order valence-electron chi connectivity index (χ2n) is 13.3. The predicted octanol–water partition coefficient (Wildman–Crippen LogP) is 5.72. The second kappa shape index (κ2) is 17.2. The van der Waals surface area contributed by atoms with Crippen LogP contribution in [0.25, 0.3) is 21.8 Å².